The molecule has 1 aliphatic carbocycles. The molecule has 3 fully saturated rings. The molecule has 3 aliphatic rings. The van der Waals surface area contributed by atoms with Gasteiger partial charge in [-0.2, -0.15) is 0 Å². The summed E-state index contributed by atoms with van der Waals surface area (Å²) < 4.78 is 11.3. The minimum Gasteiger partial charge on any atom is -0.352 e. The summed E-state index contributed by atoms with van der Waals surface area (Å²) in [4.78, 5) is 14.7. The van der Waals surface area contributed by atoms with Gasteiger partial charge in [-0.25, -0.2) is 0 Å². The third-order valence-corrected chi connectivity index (χ3v) is 5.35. The van der Waals surface area contributed by atoms with Crippen molar-refractivity contribution in [2.24, 2.45) is 5.92 Å². The molecule has 0 aromatic heterocycles. The van der Waals surface area contributed by atoms with Crippen molar-refractivity contribution in [2.75, 3.05) is 26.3 Å². The van der Waals surface area contributed by atoms with E-state index >= 15 is 0 Å². The molecule has 2 aliphatic heterocycles. The number of ether oxygens (including phenoxy) is 2. The van der Waals surface area contributed by atoms with Gasteiger partial charge in [0.2, 0.25) is 5.91 Å². The lowest BCUT2D eigenvalue weighted by Crippen LogP contribution is -2.52. The maximum atomic E-state index is 12.4. The Labute approximate surface area is 133 Å². The van der Waals surface area contributed by atoms with Crippen LogP contribution in [0.25, 0.3) is 0 Å². The fourth-order valence-electron chi connectivity index (χ4n) is 3.98. The van der Waals surface area contributed by atoms with Crippen LogP contribution in [0.1, 0.15) is 51.9 Å². The molecule has 5 heteroatoms. The molecular formula is C17H30N2O3. The number of likely N-dealkylation sites (tertiary alicyclic amines) is 1. The van der Waals surface area contributed by atoms with Crippen LogP contribution in [0.15, 0.2) is 0 Å². The van der Waals surface area contributed by atoms with E-state index in [-0.39, 0.29) is 18.2 Å². The average Bonchev–Trinajstić information content (AvgIpc) is 3.04. The molecule has 1 N–H and O–H groups in total. The molecule has 1 unspecified atom stereocenters. The number of rotatable bonds is 4. The lowest BCUT2D eigenvalue weighted by atomic mass is 9.87. The number of amides is 1. The van der Waals surface area contributed by atoms with E-state index in [1.807, 2.05) is 0 Å². The van der Waals surface area contributed by atoms with E-state index in [1.165, 1.54) is 19.3 Å². The monoisotopic (exact) mass is 310 g/mol. The van der Waals surface area contributed by atoms with E-state index in [2.05, 4.69) is 17.1 Å². The molecule has 1 amide bonds. The maximum absolute atomic E-state index is 12.4. The fourth-order valence-corrected chi connectivity index (χ4v) is 3.98. The van der Waals surface area contributed by atoms with Crippen LogP contribution in [0, 0.1) is 5.92 Å². The van der Waals surface area contributed by atoms with E-state index in [0.29, 0.717) is 25.8 Å². The Balaban J connectivity index is 1.48. The van der Waals surface area contributed by atoms with Gasteiger partial charge in [0, 0.05) is 6.04 Å². The van der Waals surface area contributed by atoms with Gasteiger partial charge < -0.3 is 14.8 Å². The summed E-state index contributed by atoms with van der Waals surface area (Å²) in [6, 6.07) is 0.624. The summed E-state index contributed by atoms with van der Waals surface area (Å²) in [5.41, 5.74) is 0. The van der Waals surface area contributed by atoms with Crippen molar-refractivity contribution in [3.63, 3.8) is 0 Å². The van der Waals surface area contributed by atoms with Gasteiger partial charge in [0.05, 0.1) is 25.8 Å². The van der Waals surface area contributed by atoms with E-state index < -0.39 is 0 Å². The van der Waals surface area contributed by atoms with Gasteiger partial charge in [-0.05, 0) is 51.0 Å². The first-order chi connectivity index (χ1) is 10.7. The molecular weight excluding hydrogens is 280 g/mol. The normalized spacial score (nSPS) is 34.7. The van der Waals surface area contributed by atoms with Crippen LogP contribution in [0.2, 0.25) is 0 Å². The Morgan fingerprint density at radius 2 is 1.82 bits per heavy atom. The number of hydrogen-bond donors (Lipinski definition) is 1. The zero-order valence-electron chi connectivity index (χ0n) is 13.8. The minimum atomic E-state index is -0.136. The largest absolute Gasteiger partial charge is 0.352 e. The molecule has 22 heavy (non-hydrogen) atoms. The predicted octanol–water partition coefficient (Wildman–Crippen LogP) is 1.91. The third-order valence-electron chi connectivity index (χ3n) is 5.35. The molecule has 0 aromatic rings. The predicted molar refractivity (Wildman–Crippen MR) is 84.5 cm³/mol. The summed E-state index contributed by atoms with van der Waals surface area (Å²) >= 11 is 0. The molecule has 126 valence electrons. The van der Waals surface area contributed by atoms with E-state index in [4.69, 9.17) is 9.47 Å². The van der Waals surface area contributed by atoms with Gasteiger partial charge in [-0.15, -0.1) is 0 Å². The topological polar surface area (TPSA) is 50.8 Å². The summed E-state index contributed by atoms with van der Waals surface area (Å²) in [5.74, 6) is 0.987. The molecule has 0 aromatic carbocycles. The Morgan fingerprint density at radius 1 is 1.09 bits per heavy atom. The van der Waals surface area contributed by atoms with Crippen LogP contribution in [0.5, 0.6) is 0 Å². The standard InChI is InChI=1S/C17H30N2O3/c1-13-5-7-14(8-6-13)18-16(20)12-19-9-3-2-4-15(19)17-21-10-11-22-17/h13-15,17H,2-12H2,1H3,(H,18,20). The third kappa shape index (κ3) is 4.21. The second-order valence-corrected chi connectivity index (χ2v) is 7.17. The van der Waals surface area contributed by atoms with Crippen molar-refractivity contribution < 1.29 is 14.3 Å². The Hall–Kier alpha value is -0.650. The van der Waals surface area contributed by atoms with E-state index in [9.17, 15) is 4.79 Å². The van der Waals surface area contributed by atoms with Crippen LogP contribution in [-0.2, 0) is 14.3 Å². The minimum absolute atomic E-state index is 0.136. The van der Waals surface area contributed by atoms with Gasteiger partial charge in [-0.1, -0.05) is 13.3 Å². The molecule has 1 atom stereocenters. The SMILES string of the molecule is CC1CCC(NC(=O)CN2CCCCC2C2OCCO2)CC1. The summed E-state index contributed by atoms with van der Waals surface area (Å²) in [6.07, 6.45) is 8.03. The number of nitrogens with zero attached hydrogens (tertiary/aromatic N) is 1. The lowest BCUT2D eigenvalue weighted by Gasteiger charge is -2.37. The van der Waals surface area contributed by atoms with Crippen molar-refractivity contribution in [3.05, 3.63) is 0 Å². The molecule has 2 saturated heterocycles. The quantitative estimate of drug-likeness (QED) is 0.862. The Bertz CT molecular complexity index is 363. The van der Waals surface area contributed by atoms with Crippen molar-refractivity contribution in [3.8, 4) is 0 Å². The van der Waals surface area contributed by atoms with Crippen molar-refractivity contribution >= 4 is 5.91 Å². The molecule has 5 nitrogen and oxygen atoms in total. The van der Waals surface area contributed by atoms with Crippen LogP contribution in [0.4, 0.5) is 0 Å². The first kappa shape index (κ1) is 16.2. The van der Waals surface area contributed by atoms with Crippen molar-refractivity contribution in [2.45, 2.75) is 70.2 Å². The number of carbonyl (C=O) groups excluding carboxylic acids is 1. The smallest absolute Gasteiger partial charge is 0.234 e. The number of hydrogen-bond acceptors (Lipinski definition) is 4. The Kier molecular flexibility index (Phi) is 5.71. The van der Waals surface area contributed by atoms with Crippen molar-refractivity contribution in [1.29, 1.82) is 0 Å². The number of nitrogens with one attached hydrogen (secondary N) is 1. The number of carbonyl (C=O) groups is 1. The maximum Gasteiger partial charge on any atom is 0.234 e. The fraction of sp³-hybridized carbons (Fsp3) is 0.941. The average molecular weight is 310 g/mol. The highest BCUT2D eigenvalue weighted by Gasteiger charge is 2.34. The first-order valence-corrected chi connectivity index (χ1v) is 8.99. The molecule has 0 radical (unpaired) electrons. The second-order valence-electron chi connectivity index (χ2n) is 7.17. The van der Waals surface area contributed by atoms with Gasteiger partial charge in [-0.3, -0.25) is 9.69 Å². The molecule has 2 heterocycles. The van der Waals surface area contributed by atoms with E-state index in [0.717, 1.165) is 38.1 Å². The highest BCUT2D eigenvalue weighted by molar-refractivity contribution is 5.78. The van der Waals surface area contributed by atoms with Crippen LogP contribution >= 0.6 is 0 Å². The first-order valence-electron chi connectivity index (χ1n) is 8.99. The molecule has 0 bridgehead atoms. The Morgan fingerprint density at radius 3 is 2.55 bits per heavy atom. The van der Waals surface area contributed by atoms with E-state index in [1.54, 1.807) is 0 Å². The lowest BCUT2D eigenvalue weighted by molar-refractivity contribution is -0.132. The van der Waals surface area contributed by atoms with Gasteiger partial charge in [0.1, 0.15) is 0 Å². The number of piperidine rings is 1. The summed E-state index contributed by atoms with van der Waals surface area (Å²) in [7, 11) is 0. The highest BCUT2D eigenvalue weighted by atomic mass is 16.7. The summed E-state index contributed by atoms with van der Waals surface area (Å²) in [5, 5.41) is 3.24. The van der Waals surface area contributed by atoms with Crippen molar-refractivity contribution in [1.82, 2.24) is 10.2 Å². The van der Waals surface area contributed by atoms with Gasteiger partial charge in [0.25, 0.3) is 0 Å². The zero-order chi connectivity index (χ0) is 15.4. The molecule has 3 rings (SSSR count). The highest BCUT2D eigenvalue weighted by Crippen LogP contribution is 2.25. The molecule has 0 spiro atoms. The van der Waals surface area contributed by atoms with Crippen LogP contribution < -0.4 is 5.32 Å². The molecule has 1 saturated carbocycles. The second kappa shape index (κ2) is 7.75. The summed E-state index contributed by atoms with van der Waals surface area (Å²) in [6.45, 7) is 5.13. The van der Waals surface area contributed by atoms with Crippen LogP contribution in [0.3, 0.4) is 0 Å². The van der Waals surface area contributed by atoms with Crippen LogP contribution in [-0.4, -0.2) is 55.5 Å². The van der Waals surface area contributed by atoms with Gasteiger partial charge in [0.15, 0.2) is 6.29 Å². The zero-order valence-corrected chi connectivity index (χ0v) is 13.8. The van der Waals surface area contributed by atoms with Gasteiger partial charge >= 0.3 is 0 Å².